The van der Waals surface area contributed by atoms with Crippen molar-refractivity contribution in [3.8, 4) is 11.5 Å². The second-order valence-electron chi connectivity index (χ2n) is 5.53. The third kappa shape index (κ3) is 4.00. The van der Waals surface area contributed by atoms with Gasteiger partial charge in [0.05, 0.1) is 16.8 Å². The molecule has 0 fully saturated rings. The highest BCUT2D eigenvalue weighted by Crippen LogP contribution is 2.31. The van der Waals surface area contributed by atoms with Gasteiger partial charge in [0.15, 0.2) is 6.61 Å². The van der Waals surface area contributed by atoms with Crippen molar-refractivity contribution < 1.29 is 24.4 Å². The zero-order valence-corrected chi connectivity index (χ0v) is 13.9. The van der Waals surface area contributed by atoms with Gasteiger partial charge in [0.25, 0.3) is 17.5 Å². The number of hydrogen-bond donors (Lipinski definition) is 2. The maximum Gasteiger partial charge on any atom is 0.270 e. The Morgan fingerprint density at radius 3 is 2.93 bits per heavy atom. The Kier molecular flexibility index (Phi) is 4.97. The van der Waals surface area contributed by atoms with Crippen molar-refractivity contribution in [3.05, 3.63) is 58.1 Å². The molecule has 10 heteroatoms. The van der Waals surface area contributed by atoms with E-state index in [0.29, 0.717) is 11.4 Å². The molecule has 2 N–H and O–H groups in total. The minimum absolute atomic E-state index is 0.0669. The molecule has 0 aromatic heterocycles. The lowest BCUT2D eigenvalue weighted by molar-refractivity contribution is -0.384. The number of hydrogen-bond acceptors (Lipinski definition) is 7. The number of rotatable bonds is 5. The van der Waals surface area contributed by atoms with Gasteiger partial charge >= 0.3 is 0 Å². The summed E-state index contributed by atoms with van der Waals surface area (Å²) in [6.45, 7) is -0.452. The van der Waals surface area contributed by atoms with Gasteiger partial charge in [-0.1, -0.05) is 12.1 Å². The van der Waals surface area contributed by atoms with E-state index in [1.165, 1.54) is 4.90 Å². The minimum Gasteiger partial charge on any atom is -0.507 e. The van der Waals surface area contributed by atoms with Crippen LogP contribution in [-0.2, 0) is 9.59 Å². The van der Waals surface area contributed by atoms with Gasteiger partial charge in [0.1, 0.15) is 18.0 Å². The monoisotopic (exact) mass is 370 g/mol. The van der Waals surface area contributed by atoms with Gasteiger partial charge in [0, 0.05) is 17.7 Å². The van der Waals surface area contributed by atoms with Gasteiger partial charge in [-0.05, 0) is 18.2 Å². The molecule has 138 valence electrons. The summed E-state index contributed by atoms with van der Waals surface area (Å²) in [5.41, 5.74) is 2.54. The summed E-state index contributed by atoms with van der Waals surface area (Å²) in [6, 6.07) is 10.2. The molecule has 0 unspecified atom stereocenters. The van der Waals surface area contributed by atoms with Crippen molar-refractivity contribution in [1.82, 2.24) is 5.43 Å². The number of nitro groups is 1. The van der Waals surface area contributed by atoms with Crippen LogP contribution in [0.2, 0.25) is 0 Å². The number of amides is 2. The average molecular weight is 370 g/mol. The van der Waals surface area contributed by atoms with Crippen LogP contribution in [0.15, 0.2) is 47.6 Å². The van der Waals surface area contributed by atoms with Crippen molar-refractivity contribution >= 4 is 29.4 Å². The number of ether oxygens (including phenoxy) is 1. The maximum absolute atomic E-state index is 12.1. The fraction of sp³-hybridized carbons (Fsp3) is 0.118. The summed E-state index contributed by atoms with van der Waals surface area (Å²) in [5, 5.41) is 24.1. The molecule has 0 saturated carbocycles. The zero-order valence-electron chi connectivity index (χ0n) is 13.9. The van der Waals surface area contributed by atoms with Gasteiger partial charge in [-0.15, -0.1) is 0 Å². The minimum atomic E-state index is -0.614. The predicted molar refractivity (Wildman–Crippen MR) is 94.8 cm³/mol. The van der Waals surface area contributed by atoms with Crippen LogP contribution in [0.3, 0.4) is 0 Å². The number of aromatic hydroxyl groups is 1. The summed E-state index contributed by atoms with van der Waals surface area (Å²) in [4.78, 5) is 35.5. The first-order chi connectivity index (χ1) is 13.0. The van der Waals surface area contributed by atoms with Crippen LogP contribution in [0.4, 0.5) is 11.4 Å². The van der Waals surface area contributed by atoms with E-state index in [-0.39, 0.29) is 36.1 Å². The van der Waals surface area contributed by atoms with E-state index < -0.39 is 10.8 Å². The molecule has 0 aliphatic carbocycles. The molecule has 0 saturated heterocycles. The number of carbonyl (C=O) groups excluding carboxylic acids is 2. The first-order valence-electron chi connectivity index (χ1n) is 7.77. The van der Waals surface area contributed by atoms with Crippen LogP contribution >= 0.6 is 0 Å². The maximum atomic E-state index is 12.1. The number of nitro benzene ring substituents is 1. The third-order valence-electron chi connectivity index (χ3n) is 3.72. The number of nitrogens with zero attached hydrogens (tertiary/aromatic N) is 3. The van der Waals surface area contributed by atoms with Gasteiger partial charge in [-0.3, -0.25) is 24.6 Å². The molecule has 0 radical (unpaired) electrons. The first kappa shape index (κ1) is 17.9. The number of para-hydroxylation sites is 2. The molecule has 0 bridgehead atoms. The number of phenols is 1. The lowest BCUT2D eigenvalue weighted by atomic mass is 10.2. The Labute approximate surface area is 152 Å². The second kappa shape index (κ2) is 7.52. The van der Waals surface area contributed by atoms with E-state index in [1.54, 1.807) is 24.3 Å². The number of non-ortho nitro benzene ring substituents is 1. The highest BCUT2D eigenvalue weighted by Gasteiger charge is 2.26. The first-order valence-corrected chi connectivity index (χ1v) is 7.77. The third-order valence-corrected chi connectivity index (χ3v) is 3.72. The number of anilines is 1. The van der Waals surface area contributed by atoms with Crippen LogP contribution in [0.25, 0.3) is 0 Å². The Bertz CT molecular complexity index is 943. The van der Waals surface area contributed by atoms with E-state index in [4.69, 9.17) is 4.74 Å². The lowest BCUT2D eigenvalue weighted by Crippen LogP contribution is -2.44. The lowest BCUT2D eigenvalue weighted by Gasteiger charge is -2.28. The number of phenolic OH excluding ortho intramolecular Hbond substituents is 1. The van der Waals surface area contributed by atoms with Crippen LogP contribution in [0, 0.1) is 10.1 Å². The number of fused-ring (bicyclic) bond motifs is 1. The van der Waals surface area contributed by atoms with E-state index in [2.05, 4.69) is 10.5 Å². The fourth-order valence-electron chi connectivity index (χ4n) is 2.44. The Morgan fingerprint density at radius 2 is 2.15 bits per heavy atom. The summed E-state index contributed by atoms with van der Waals surface area (Å²) >= 11 is 0. The quantitative estimate of drug-likeness (QED) is 0.461. The number of nitrogens with one attached hydrogen (secondary N) is 1. The van der Waals surface area contributed by atoms with Crippen LogP contribution < -0.4 is 15.1 Å². The van der Waals surface area contributed by atoms with Crippen molar-refractivity contribution in [1.29, 1.82) is 0 Å². The molecule has 27 heavy (non-hydrogen) atoms. The highest BCUT2D eigenvalue weighted by molar-refractivity contribution is 6.02. The average Bonchev–Trinajstić information content (AvgIpc) is 2.65. The van der Waals surface area contributed by atoms with Crippen molar-refractivity contribution in [2.75, 3.05) is 18.1 Å². The SMILES string of the molecule is O=C(CN1C(=O)COc2ccccc21)N/N=C\c1cc([N+](=O)[O-])ccc1O. The van der Waals surface area contributed by atoms with Crippen LogP contribution in [0.5, 0.6) is 11.5 Å². The van der Waals surface area contributed by atoms with Crippen molar-refractivity contribution in [2.24, 2.45) is 5.10 Å². The zero-order chi connectivity index (χ0) is 19.4. The number of benzene rings is 2. The Balaban J connectivity index is 1.67. The molecule has 1 aliphatic rings. The smallest absolute Gasteiger partial charge is 0.270 e. The normalized spacial score (nSPS) is 13.2. The largest absolute Gasteiger partial charge is 0.507 e. The van der Waals surface area contributed by atoms with E-state index in [1.807, 2.05) is 0 Å². The Morgan fingerprint density at radius 1 is 1.37 bits per heavy atom. The van der Waals surface area contributed by atoms with E-state index in [0.717, 1.165) is 24.4 Å². The molecular formula is C17H14N4O6. The van der Waals surface area contributed by atoms with E-state index in [9.17, 15) is 24.8 Å². The number of hydrazone groups is 1. The molecule has 0 spiro atoms. The molecule has 0 atom stereocenters. The summed E-state index contributed by atoms with van der Waals surface area (Å²) in [5.74, 6) is -0.684. The van der Waals surface area contributed by atoms with Gasteiger partial charge in [-0.2, -0.15) is 5.10 Å². The Hall–Kier alpha value is -3.95. The van der Waals surface area contributed by atoms with Crippen LogP contribution in [0.1, 0.15) is 5.56 Å². The topological polar surface area (TPSA) is 134 Å². The molecule has 1 heterocycles. The molecule has 2 aromatic rings. The molecule has 1 aliphatic heterocycles. The summed E-state index contributed by atoms with van der Waals surface area (Å²) in [7, 11) is 0. The predicted octanol–water partition coefficient (Wildman–Crippen LogP) is 1.18. The molecule has 2 aromatic carbocycles. The molecule has 3 rings (SSSR count). The van der Waals surface area contributed by atoms with Crippen LogP contribution in [-0.4, -0.2) is 41.2 Å². The molecule has 2 amide bonds. The van der Waals surface area contributed by atoms with Gasteiger partial charge in [-0.25, -0.2) is 5.43 Å². The summed E-state index contributed by atoms with van der Waals surface area (Å²) < 4.78 is 5.29. The van der Waals surface area contributed by atoms with E-state index >= 15 is 0 Å². The second-order valence-corrected chi connectivity index (χ2v) is 5.53. The van der Waals surface area contributed by atoms with Crippen molar-refractivity contribution in [2.45, 2.75) is 0 Å². The van der Waals surface area contributed by atoms with Gasteiger partial charge < -0.3 is 9.84 Å². The molecular weight excluding hydrogens is 356 g/mol. The highest BCUT2D eigenvalue weighted by atomic mass is 16.6. The number of carbonyl (C=O) groups is 2. The standard InChI is InChI=1S/C17H14N4O6/c22-14-6-5-12(21(25)26)7-11(14)8-18-19-16(23)9-20-13-3-1-2-4-15(13)27-10-17(20)24/h1-8,22H,9-10H2,(H,19,23)/b18-8-. The van der Waals surface area contributed by atoms with Crippen molar-refractivity contribution in [3.63, 3.8) is 0 Å². The fourth-order valence-corrected chi connectivity index (χ4v) is 2.44. The molecule has 10 nitrogen and oxygen atoms in total. The summed E-state index contributed by atoms with van der Waals surface area (Å²) in [6.07, 6.45) is 1.08. The van der Waals surface area contributed by atoms with Gasteiger partial charge in [0.2, 0.25) is 0 Å².